The Morgan fingerprint density at radius 1 is 1.56 bits per heavy atom. The average molecular weight is 225 g/mol. The van der Waals surface area contributed by atoms with Gasteiger partial charge in [-0.1, -0.05) is 0 Å². The van der Waals surface area contributed by atoms with Crippen LogP contribution in [0.2, 0.25) is 0 Å². The van der Waals surface area contributed by atoms with Gasteiger partial charge in [0.25, 0.3) is 5.91 Å². The van der Waals surface area contributed by atoms with Crippen LogP contribution in [0, 0.1) is 0 Å². The van der Waals surface area contributed by atoms with Gasteiger partial charge in [-0.2, -0.15) is 0 Å². The van der Waals surface area contributed by atoms with Gasteiger partial charge < -0.3 is 20.7 Å². The molecule has 5 nitrogen and oxygen atoms in total. The zero-order chi connectivity index (χ0) is 12.3. The van der Waals surface area contributed by atoms with E-state index in [0.29, 0.717) is 11.4 Å². The Morgan fingerprint density at radius 2 is 2.19 bits per heavy atom. The third-order valence-corrected chi connectivity index (χ3v) is 2.22. The molecule has 0 radical (unpaired) electrons. The van der Waals surface area contributed by atoms with Crippen molar-refractivity contribution >= 4 is 11.6 Å². The molecule has 0 saturated heterocycles. The summed E-state index contributed by atoms with van der Waals surface area (Å²) < 4.78 is 1.81. The van der Waals surface area contributed by atoms with Crippen LogP contribution in [0.4, 0.5) is 5.69 Å². The number of aromatic nitrogens is 1. The van der Waals surface area contributed by atoms with Crippen molar-refractivity contribution in [2.75, 3.05) is 12.3 Å². The number of nitrogens with two attached hydrogens (primary N) is 1. The van der Waals surface area contributed by atoms with Crippen LogP contribution in [-0.2, 0) is 0 Å². The molecular formula is C11H19N3O2. The number of aliphatic hydroxyl groups excluding tert-OH is 1. The van der Waals surface area contributed by atoms with Crippen LogP contribution in [0.15, 0.2) is 12.3 Å². The van der Waals surface area contributed by atoms with Crippen LogP contribution >= 0.6 is 0 Å². The second-order valence-corrected chi connectivity index (χ2v) is 4.22. The van der Waals surface area contributed by atoms with Gasteiger partial charge in [0.15, 0.2) is 0 Å². The van der Waals surface area contributed by atoms with Crippen molar-refractivity contribution in [1.29, 1.82) is 0 Å². The van der Waals surface area contributed by atoms with Gasteiger partial charge in [0.05, 0.1) is 11.8 Å². The minimum atomic E-state index is -0.552. The third kappa shape index (κ3) is 3.00. The molecule has 0 aliphatic carbocycles. The fourth-order valence-electron chi connectivity index (χ4n) is 1.44. The first-order chi connectivity index (χ1) is 7.41. The Hall–Kier alpha value is -1.49. The molecule has 0 bridgehead atoms. The number of nitrogens with one attached hydrogen (secondary N) is 1. The molecule has 0 aromatic carbocycles. The number of carbonyl (C=O) groups is 1. The first kappa shape index (κ1) is 12.6. The largest absolute Gasteiger partial charge is 0.397 e. The van der Waals surface area contributed by atoms with Crippen molar-refractivity contribution in [2.24, 2.45) is 0 Å². The highest BCUT2D eigenvalue weighted by Crippen LogP contribution is 2.16. The van der Waals surface area contributed by atoms with E-state index >= 15 is 0 Å². The number of rotatable bonds is 4. The first-order valence-electron chi connectivity index (χ1n) is 5.35. The SMILES string of the molecule is CC(C)n1cc(N)cc1C(=O)NC[C@@H](C)O. The quantitative estimate of drug-likeness (QED) is 0.707. The van der Waals surface area contributed by atoms with Gasteiger partial charge >= 0.3 is 0 Å². The molecule has 1 heterocycles. The van der Waals surface area contributed by atoms with E-state index in [-0.39, 0.29) is 18.5 Å². The number of carbonyl (C=O) groups excluding carboxylic acids is 1. The van der Waals surface area contributed by atoms with E-state index in [0.717, 1.165) is 0 Å². The maximum Gasteiger partial charge on any atom is 0.268 e. The minimum absolute atomic E-state index is 0.171. The monoisotopic (exact) mass is 225 g/mol. The zero-order valence-corrected chi connectivity index (χ0v) is 9.90. The standard InChI is InChI=1S/C11H19N3O2/c1-7(2)14-6-9(12)4-10(14)11(16)13-5-8(3)15/h4,6-8,15H,5,12H2,1-3H3,(H,13,16)/t8-/m1/s1. The predicted octanol–water partition coefficient (Wildman–Crippen LogP) is 0.762. The summed E-state index contributed by atoms with van der Waals surface area (Å²) in [5, 5.41) is 11.7. The molecule has 0 fully saturated rings. The minimum Gasteiger partial charge on any atom is -0.397 e. The van der Waals surface area contributed by atoms with E-state index in [1.54, 1.807) is 19.2 Å². The van der Waals surface area contributed by atoms with Gasteiger partial charge in [0.1, 0.15) is 5.69 Å². The van der Waals surface area contributed by atoms with Crippen LogP contribution in [0.3, 0.4) is 0 Å². The summed E-state index contributed by atoms with van der Waals surface area (Å²) in [5.41, 5.74) is 6.75. The number of anilines is 1. The maximum absolute atomic E-state index is 11.8. The third-order valence-electron chi connectivity index (χ3n) is 2.22. The Labute approximate surface area is 95.3 Å². The number of nitrogens with zero attached hydrogens (tertiary/aromatic N) is 1. The Kier molecular flexibility index (Phi) is 3.95. The van der Waals surface area contributed by atoms with Crippen LogP contribution < -0.4 is 11.1 Å². The van der Waals surface area contributed by atoms with E-state index in [2.05, 4.69) is 5.32 Å². The lowest BCUT2D eigenvalue weighted by atomic mass is 10.3. The summed E-state index contributed by atoms with van der Waals surface area (Å²) in [4.78, 5) is 11.8. The average Bonchev–Trinajstić information content (AvgIpc) is 2.56. The van der Waals surface area contributed by atoms with Crippen molar-refractivity contribution in [3.63, 3.8) is 0 Å². The summed E-state index contributed by atoms with van der Waals surface area (Å²) in [7, 11) is 0. The molecular weight excluding hydrogens is 206 g/mol. The van der Waals surface area contributed by atoms with Gasteiger partial charge in [0.2, 0.25) is 0 Å². The molecule has 0 unspecified atom stereocenters. The number of aliphatic hydroxyl groups is 1. The summed E-state index contributed by atoms with van der Waals surface area (Å²) >= 11 is 0. The highest BCUT2D eigenvalue weighted by atomic mass is 16.3. The van der Waals surface area contributed by atoms with Crippen LogP contribution in [0.5, 0.6) is 0 Å². The van der Waals surface area contributed by atoms with Gasteiger partial charge in [-0.15, -0.1) is 0 Å². The molecule has 0 spiro atoms. The molecule has 1 atom stereocenters. The van der Waals surface area contributed by atoms with Crippen LogP contribution in [0.1, 0.15) is 37.3 Å². The van der Waals surface area contributed by atoms with E-state index in [1.165, 1.54) is 0 Å². The number of hydrogen-bond acceptors (Lipinski definition) is 3. The van der Waals surface area contributed by atoms with Crippen molar-refractivity contribution in [1.82, 2.24) is 9.88 Å². The lowest BCUT2D eigenvalue weighted by molar-refractivity contribution is 0.0913. The Balaban J connectivity index is 2.82. The summed E-state index contributed by atoms with van der Waals surface area (Å²) in [6, 6.07) is 1.81. The molecule has 1 aromatic heterocycles. The van der Waals surface area contributed by atoms with E-state index in [1.807, 2.05) is 18.4 Å². The maximum atomic E-state index is 11.8. The van der Waals surface area contributed by atoms with Crippen molar-refractivity contribution < 1.29 is 9.90 Å². The fourth-order valence-corrected chi connectivity index (χ4v) is 1.44. The fraction of sp³-hybridized carbons (Fsp3) is 0.545. The lowest BCUT2D eigenvalue weighted by Gasteiger charge is -2.13. The van der Waals surface area contributed by atoms with E-state index in [4.69, 9.17) is 10.8 Å². The van der Waals surface area contributed by atoms with Crippen molar-refractivity contribution in [2.45, 2.75) is 32.9 Å². The molecule has 0 saturated carbocycles. The second-order valence-electron chi connectivity index (χ2n) is 4.22. The smallest absolute Gasteiger partial charge is 0.268 e. The van der Waals surface area contributed by atoms with Gasteiger partial charge in [-0.05, 0) is 26.8 Å². The van der Waals surface area contributed by atoms with Crippen LogP contribution in [0.25, 0.3) is 0 Å². The Bertz CT molecular complexity index is 369. The Morgan fingerprint density at radius 3 is 2.69 bits per heavy atom. The van der Waals surface area contributed by atoms with Gasteiger partial charge in [-0.25, -0.2) is 0 Å². The molecule has 0 aliphatic rings. The number of nitrogen functional groups attached to an aromatic ring is 1. The molecule has 5 heteroatoms. The first-order valence-corrected chi connectivity index (χ1v) is 5.35. The molecule has 1 aromatic rings. The van der Waals surface area contributed by atoms with E-state index in [9.17, 15) is 4.79 Å². The van der Waals surface area contributed by atoms with Gasteiger partial charge in [0, 0.05) is 18.8 Å². The summed E-state index contributed by atoms with van der Waals surface area (Å²) in [6.07, 6.45) is 1.19. The highest BCUT2D eigenvalue weighted by molar-refractivity contribution is 5.93. The molecule has 4 N–H and O–H groups in total. The molecule has 1 rings (SSSR count). The topological polar surface area (TPSA) is 80.3 Å². The molecule has 0 aliphatic heterocycles. The van der Waals surface area contributed by atoms with Crippen molar-refractivity contribution in [3.8, 4) is 0 Å². The lowest BCUT2D eigenvalue weighted by Crippen LogP contribution is -2.32. The van der Waals surface area contributed by atoms with E-state index < -0.39 is 6.10 Å². The highest BCUT2D eigenvalue weighted by Gasteiger charge is 2.14. The number of hydrogen-bond donors (Lipinski definition) is 3. The van der Waals surface area contributed by atoms with Gasteiger partial charge in [-0.3, -0.25) is 4.79 Å². The van der Waals surface area contributed by atoms with Crippen LogP contribution in [-0.4, -0.2) is 28.2 Å². The second kappa shape index (κ2) is 5.03. The van der Waals surface area contributed by atoms with Crippen molar-refractivity contribution in [3.05, 3.63) is 18.0 Å². The predicted molar refractivity (Wildman–Crippen MR) is 63.2 cm³/mol. The molecule has 1 amide bonds. The number of amides is 1. The summed E-state index contributed by atoms with van der Waals surface area (Å²) in [6.45, 7) is 5.81. The normalized spacial score (nSPS) is 12.8. The summed E-state index contributed by atoms with van der Waals surface area (Å²) in [5.74, 6) is -0.216. The molecule has 90 valence electrons. The zero-order valence-electron chi connectivity index (χ0n) is 9.90. The molecule has 16 heavy (non-hydrogen) atoms.